The van der Waals surface area contributed by atoms with Crippen LogP contribution in [0.15, 0.2) is 60.7 Å². The Bertz CT molecular complexity index is 930. The standard InChI is InChI=1S/C21H19FO3/c1-3-21(2,17-10-6-8-14-7-4-5-9-16(14)17)25-19-13-15(20(23)24)11-12-18(19)22/h4-13H,3H2,1-2H3,(H,23,24). The van der Waals surface area contributed by atoms with E-state index in [0.29, 0.717) is 6.42 Å². The molecule has 3 aromatic carbocycles. The van der Waals surface area contributed by atoms with Crippen molar-refractivity contribution in [2.24, 2.45) is 0 Å². The second kappa shape index (κ2) is 6.55. The van der Waals surface area contributed by atoms with Gasteiger partial charge in [0.15, 0.2) is 11.6 Å². The number of rotatable bonds is 5. The van der Waals surface area contributed by atoms with Gasteiger partial charge in [-0.3, -0.25) is 0 Å². The topological polar surface area (TPSA) is 46.5 Å². The van der Waals surface area contributed by atoms with Gasteiger partial charge in [0.1, 0.15) is 5.60 Å². The lowest BCUT2D eigenvalue weighted by molar-refractivity contribution is 0.0684. The summed E-state index contributed by atoms with van der Waals surface area (Å²) in [7, 11) is 0. The third-order valence-corrected chi connectivity index (χ3v) is 4.55. The van der Waals surface area contributed by atoms with Crippen molar-refractivity contribution in [3.63, 3.8) is 0 Å². The third kappa shape index (κ3) is 3.20. The van der Waals surface area contributed by atoms with E-state index in [0.717, 1.165) is 22.4 Å². The lowest BCUT2D eigenvalue weighted by Gasteiger charge is -2.31. The number of carboxylic acid groups (broad SMARTS) is 1. The Kier molecular flexibility index (Phi) is 4.45. The van der Waals surface area contributed by atoms with Gasteiger partial charge in [0.2, 0.25) is 0 Å². The first-order chi connectivity index (χ1) is 11.9. The zero-order valence-electron chi connectivity index (χ0n) is 14.1. The summed E-state index contributed by atoms with van der Waals surface area (Å²) in [6.07, 6.45) is 0.595. The first-order valence-corrected chi connectivity index (χ1v) is 8.15. The number of benzene rings is 3. The largest absolute Gasteiger partial charge is 0.480 e. The van der Waals surface area contributed by atoms with Crippen molar-refractivity contribution in [1.82, 2.24) is 0 Å². The zero-order valence-corrected chi connectivity index (χ0v) is 14.1. The summed E-state index contributed by atoms with van der Waals surface area (Å²) in [4.78, 5) is 11.2. The lowest BCUT2D eigenvalue weighted by atomic mass is 9.88. The predicted molar refractivity (Wildman–Crippen MR) is 95.6 cm³/mol. The maximum Gasteiger partial charge on any atom is 0.335 e. The fourth-order valence-electron chi connectivity index (χ4n) is 2.96. The van der Waals surface area contributed by atoms with Crippen molar-refractivity contribution in [1.29, 1.82) is 0 Å². The van der Waals surface area contributed by atoms with Crippen LogP contribution < -0.4 is 4.74 Å². The summed E-state index contributed by atoms with van der Waals surface area (Å²) < 4.78 is 20.2. The van der Waals surface area contributed by atoms with Crippen LogP contribution in [0.3, 0.4) is 0 Å². The van der Waals surface area contributed by atoms with Crippen LogP contribution >= 0.6 is 0 Å². The molecule has 0 saturated heterocycles. The average molecular weight is 338 g/mol. The molecule has 1 atom stereocenters. The van der Waals surface area contributed by atoms with Crippen molar-refractivity contribution in [3.8, 4) is 5.75 Å². The maximum absolute atomic E-state index is 14.2. The first-order valence-electron chi connectivity index (χ1n) is 8.15. The minimum absolute atomic E-state index is 0.00669. The second-order valence-electron chi connectivity index (χ2n) is 6.16. The summed E-state index contributed by atoms with van der Waals surface area (Å²) in [5.41, 5.74) is 0.139. The smallest absolute Gasteiger partial charge is 0.335 e. The molecule has 3 aromatic rings. The van der Waals surface area contributed by atoms with Crippen molar-refractivity contribution in [3.05, 3.63) is 77.6 Å². The number of aromatic carboxylic acids is 1. The molecule has 0 aliphatic carbocycles. The average Bonchev–Trinajstić information content (AvgIpc) is 2.62. The van der Waals surface area contributed by atoms with Crippen LogP contribution in [0.2, 0.25) is 0 Å². The highest BCUT2D eigenvalue weighted by molar-refractivity contribution is 5.88. The van der Waals surface area contributed by atoms with Gasteiger partial charge in [-0.15, -0.1) is 0 Å². The number of halogens is 1. The molecule has 0 fully saturated rings. The van der Waals surface area contributed by atoms with Gasteiger partial charge in [0, 0.05) is 5.56 Å². The van der Waals surface area contributed by atoms with E-state index in [1.54, 1.807) is 0 Å². The summed E-state index contributed by atoms with van der Waals surface area (Å²) in [6, 6.07) is 17.4. The number of carboxylic acids is 1. The molecular formula is C21H19FO3. The molecule has 4 heteroatoms. The molecule has 0 spiro atoms. The zero-order chi connectivity index (χ0) is 18.0. The molecule has 1 N–H and O–H groups in total. The molecule has 0 heterocycles. The van der Waals surface area contributed by atoms with Gasteiger partial charge in [-0.05, 0) is 42.3 Å². The van der Waals surface area contributed by atoms with E-state index < -0.39 is 17.4 Å². The monoisotopic (exact) mass is 338 g/mol. The lowest BCUT2D eigenvalue weighted by Crippen LogP contribution is -2.29. The maximum atomic E-state index is 14.2. The van der Waals surface area contributed by atoms with E-state index >= 15 is 0 Å². The SMILES string of the molecule is CCC(C)(Oc1cc(C(=O)O)ccc1F)c1cccc2ccccc12. The van der Waals surface area contributed by atoms with E-state index in [4.69, 9.17) is 9.84 Å². The molecule has 3 nitrogen and oxygen atoms in total. The number of hydrogen-bond donors (Lipinski definition) is 1. The van der Waals surface area contributed by atoms with Crippen LogP contribution in [0.4, 0.5) is 4.39 Å². The fourth-order valence-corrected chi connectivity index (χ4v) is 2.96. The van der Waals surface area contributed by atoms with Gasteiger partial charge in [-0.2, -0.15) is 0 Å². The second-order valence-corrected chi connectivity index (χ2v) is 6.16. The van der Waals surface area contributed by atoms with Crippen LogP contribution in [-0.4, -0.2) is 11.1 Å². The molecule has 1 unspecified atom stereocenters. The van der Waals surface area contributed by atoms with Crippen LogP contribution in [0.25, 0.3) is 10.8 Å². The van der Waals surface area contributed by atoms with Crippen molar-refractivity contribution >= 4 is 16.7 Å². The fraction of sp³-hybridized carbons (Fsp3) is 0.190. The normalized spacial score (nSPS) is 13.4. The molecule has 25 heavy (non-hydrogen) atoms. The summed E-state index contributed by atoms with van der Waals surface area (Å²) in [5.74, 6) is -1.75. The van der Waals surface area contributed by atoms with Gasteiger partial charge >= 0.3 is 5.97 Å². The molecule has 128 valence electrons. The number of carbonyl (C=O) groups is 1. The molecule has 0 aliphatic rings. The van der Waals surface area contributed by atoms with Gasteiger partial charge < -0.3 is 9.84 Å². The van der Waals surface area contributed by atoms with Crippen LogP contribution in [0.1, 0.15) is 36.2 Å². The van der Waals surface area contributed by atoms with Crippen LogP contribution in [-0.2, 0) is 5.60 Å². The van der Waals surface area contributed by atoms with Gasteiger partial charge in [-0.25, -0.2) is 9.18 Å². The molecule has 0 radical (unpaired) electrons. The predicted octanol–water partition coefficient (Wildman–Crippen LogP) is 5.38. The number of hydrogen-bond acceptors (Lipinski definition) is 2. The van der Waals surface area contributed by atoms with Crippen molar-refractivity contribution < 1.29 is 19.0 Å². The molecule has 3 rings (SSSR count). The van der Waals surface area contributed by atoms with E-state index in [1.807, 2.05) is 56.3 Å². The van der Waals surface area contributed by atoms with Crippen molar-refractivity contribution in [2.45, 2.75) is 25.9 Å². The Morgan fingerprint density at radius 1 is 1.12 bits per heavy atom. The molecule has 0 aliphatic heterocycles. The summed E-state index contributed by atoms with van der Waals surface area (Å²) in [5, 5.41) is 11.2. The van der Waals surface area contributed by atoms with E-state index in [-0.39, 0.29) is 11.3 Å². The van der Waals surface area contributed by atoms with Gasteiger partial charge in [0.25, 0.3) is 0 Å². The molecule has 0 saturated carbocycles. The summed E-state index contributed by atoms with van der Waals surface area (Å²) >= 11 is 0. The highest BCUT2D eigenvalue weighted by Crippen LogP contribution is 2.36. The highest BCUT2D eigenvalue weighted by atomic mass is 19.1. The minimum Gasteiger partial charge on any atom is -0.480 e. The molecule has 0 bridgehead atoms. The Labute approximate surface area is 145 Å². The van der Waals surface area contributed by atoms with Crippen LogP contribution in [0, 0.1) is 5.82 Å². The van der Waals surface area contributed by atoms with Gasteiger partial charge in [0.05, 0.1) is 5.56 Å². The Morgan fingerprint density at radius 2 is 1.84 bits per heavy atom. The Balaban J connectivity index is 2.10. The number of fused-ring (bicyclic) bond motifs is 1. The Morgan fingerprint density at radius 3 is 2.56 bits per heavy atom. The van der Waals surface area contributed by atoms with Crippen LogP contribution in [0.5, 0.6) is 5.75 Å². The van der Waals surface area contributed by atoms with E-state index in [2.05, 4.69) is 0 Å². The molecular weight excluding hydrogens is 319 g/mol. The first kappa shape index (κ1) is 17.0. The quantitative estimate of drug-likeness (QED) is 0.679. The van der Waals surface area contributed by atoms with E-state index in [1.165, 1.54) is 12.1 Å². The third-order valence-electron chi connectivity index (χ3n) is 4.55. The van der Waals surface area contributed by atoms with Gasteiger partial charge in [-0.1, -0.05) is 49.4 Å². The Hall–Kier alpha value is -2.88. The highest BCUT2D eigenvalue weighted by Gasteiger charge is 2.30. The molecule has 0 aromatic heterocycles. The summed E-state index contributed by atoms with van der Waals surface area (Å²) in [6.45, 7) is 3.85. The minimum atomic E-state index is -1.12. The van der Waals surface area contributed by atoms with E-state index in [9.17, 15) is 9.18 Å². The number of ether oxygens (including phenoxy) is 1. The van der Waals surface area contributed by atoms with Crippen molar-refractivity contribution in [2.75, 3.05) is 0 Å². The molecule has 0 amide bonds.